The fourth-order valence-corrected chi connectivity index (χ4v) is 3.18. The van der Waals surface area contributed by atoms with Crippen LogP contribution in [0, 0.1) is 5.92 Å². The fourth-order valence-electron chi connectivity index (χ4n) is 3.18. The minimum atomic E-state index is 0. The Hall–Kier alpha value is -1.30. The van der Waals surface area contributed by atoms with Gasteiger partial charge in [0.2, 0.25) is 5.91 Å². The van der Waals surface area contributed by atoms with E-state index in [-0.39, 0.29) is 30.3 Å². The topological polar surface area (TPSA) is 53.6 Å². The normalized spacial score (nSPS) is 19.5. The van der Waals surface area contributed by atoms with E-state index in [1.807, 2.05) is 12.1 Å². The molecule has 5 nitrogen and oxygen atoms in total. The van der Waals surface area contributed by atoms with E-state index in [0.717, 1.165) is 31.9 Å². The van der Waals surface area contributed by atoms with Gasteiger partial charge >= 0.3 is 0 Å². The number of ether oxygens (including phenoxy) is 1. The van der Waals surface area contributed by atoms with E-state index >= 15 is 0 Å². The smallest absolute Gasteiger partial charge is 0.225 e. The molecule has 0 bridgehead atoms. The van der Waals surface area contributed by atoms with Gasteiger partial charge in [-0.15, -0.1) is 12.4 Å². The Balaban J connectivity index is 0.00000192. The molecule has 3 rings (SSSR count). The largest absolute Gasteiger partial charge is 0.497 e. The summed E-state index contributed by atoms with van der Waals surface area (Å²) in [7, 11) is 1.69. The summed E-state index contributed by atoms with van der Waals surface area (Å²) in [6.45, 7) is 4.48. The van der Waals surface area contributed by atoms with Crippen molar-refractivity contribution in [1.82, 2.24) is 15.5 Å². The van der Waals surface area contributed by atoms with Crippen LogP contribution in [0.2, 0.25) is 0 Å². The third kappa shape index (κ3) is 4.37. The lowest BCUT2D eigenvalue weighted by molar-refractivity contribution is -0.126. The summed E-state index contributed by atoms with van der Waals surface area (Å²) in [6.07, 6.45) is 2.47. The van der Waals surface area contributed by atoms with Gasteiger partial charge in [0.05, 0.1) is 19.1 Å². The van der Waals surface area contributed by atoms with Crippen molar-refractivity contribution in [3.05, 3.63) is 29.8 Å². The molecule has 0 radical (unpaired) electrons. The monoisotopic (exact) mass is 339 g/mol. The van der Waals surface area contributed by atoms with Gasteiger partial charge in [-0.2, -0.15) is 0 Å². The molecule has 2 N–H and O–H groups in total. The summed E-state index contributed by atoms with van der Waals surface area (Å²) >= 11 is 0. The summed E-state index contributed by atoms with van der Waals surface area (Å²) in [4.78, 5) is 14.6. The van der Waals surface area contributed by atoms with Crippen LogP contribution in [-0.4, -0.2) is 50.6 Å². The number of halogens is 1. The molecule has 0 saturated carbocycles. The second-order valence-electron chi connectivity index (χ2n) is 6.14. The highest BCUT2D eigenvalue weighted by Crippen LogP contribution is 2.27. The molecule has 1 unspecified atom stereocenters. The minimum Gasteiger partial charge on any atom is -0.497 e. The lowest BCUT2D eigenvalue weighted by atomic mass is 10.0. The van der Waals surface area contributed by atoms with Gasteiger partial charge < -0.3 is 15.4 Å². The Kier molecular flexibility index (Phi) is 6.69. The summed E-state index contributed by atoms with van der Waals surface area (Å²) in [5, 5.41) is 6.28. The van der Waals surface area contributed by atoms with E-state index < -0.39 is 0 Å². The highest BCUT2D eigenvalue weighted by molar-refractivity contribution is 5.85. The highest BCUT2D eigenvalue weighted by Gasteiger charge is 2.28. The van der Waals surface area contributed by atoms with Gasteiger partial charge in [0, 0.05) is 19.6 Å². The number of likely N-dealkylation sites (tertiary alicyclic amines) is 1. The van der Waals surface area contributed by atoms with Crippen LogP contribution >= 0.6 is 12.4 Å². The zero-order chi connectivity index (χ0) is 15.4. The van der Waals surface area contributed by atoms with Crippen molar-refractivity contribution in [3.63, 3.8) is 0 Å². The van der Waals surface area contributed by atoms with Crippen molar-refractivity contribution >= 4 is 18.3 Å². The number of amides is 1. The zero-order valence-corrected chi connectivity index (χ0v) is 14.4. The molecule has 1 atom stereocenters. The van der Waals surface area contributed by atoms with Gasteiger partial charge in [0.15, 0.2) is 0 Å². The Bertz CT molecular complexity index is 516. The van der Waals surface area contributed by atoms with Gasteiger partial charge in [0.1, 0.15) is 5.75 Å². The molecule has 23 heavy (non-hydrogen) atoms. The predicted octanol–water partition coefficient (Wildman–Crippen LogP) is 1.59. The first-order valence-electron chi connectivity index (χ1n) is 8.14. The van der Waals surface area contributed by atoms with Crippen LogP contribution in [0.1, 0.15) is 24.4 Å². The van der Waals surface area contributed by atoms with Gasteiger partial charge in [-0.05, 0) is 43.6 Å². The molecule has 0 aromatic heterocycles. The maximum atomic E-state index is 12.1. The number of benzene rings is 1. The standard InChI is InChI=1S/C17H25N3O2.ClH/c1-22-15-6-4-5-13(9-15)16(20-7-2-3-8-20)12-19-17(21)14-10-18-11-14;/h4-6,9,14,16,18H,2-3,7-8,10-12H2,1H3,(H,19,21);1H. The number of hydrogen-bond acceptors (Lipinski definition) is 4. The first-order valence-corrected chi connectivity index (χ1v) is 8.14. The number of hydrogen-bond donors (Lipinski definition) is 2. The second kappa shape index (κ2) is 8.52. The lowest BCUT2D eigenvalue weighted by Gasteiger charge is -2.31. The molecule has 0 spiro atoms. The zero-order valence-electron chi connectivity index (χ0n) is 13.6. The first kappa shape index (κ1) is 18.0. The maximum absolute atomic E-state index is 12.1. The van der Waals surface area contributed by atoms with Crippen LogP contribution in [0.15, 0.2) is 24.3 Å². The molecule has 2 fully saturated rings. The lowest BCUT2D eigenvalue weighted by Crippen LogP contribution is -2.51. The Morgan fingerprint density at radius 1 is 1.39 bits per heavy atom. The predicted molar refractivity (Wildman–Crippen MR) is 93.2 cm³/mol. The number of carbonyl (C=O) groups excluding carboxylic acids is 1. The molecular weight excluding hydrogens is 314 g/mol. The third-order valence-electron chi connectivity index (χ3n) is 4.68. The van der Waals surface area contributed by atoms with Crippen LogP contribution in [0.5, 0.6) is 5.75 Å². The van der Waals surface area contributed by atoms with Crippen LogP contribution in [-0.2, 0) is 4.79 Å². The minimum absolute atomic E-state index is 0. The number of carbonyl (C=O) groups is 1. The van der Waals surface area contributed by atoms with E-state index in [1.54, 1.807) is 7.11 Å². The van der Waals surface area contributed by atoms with E-state index in [9.17, 15) is 4.79 Å². The highest BCUT2D eigenvalue weighted by atomic mass is 35.5. The average Bonchev–Trinajstić information content (AvgIpc) is 3.00. The number of nitrogens with zero attached hydrogens (tertiary/aromatic N) is 1. The summed E-state index contributed by atoms with van der Waals surface area (Å²) < 4.78 is 5.34. The molecule has 2 aliphatic heterocycles. The molecule has 1 amide bonds. The summed E-state index contributed by atoms with van der Waals surface area (Å²) in [5.41, 5.74) is 1.22. The first-order chi connectivity index (χ1) is 10.8. The number of methoxy groups -OCH3 is 1. The Morgan fingerprint density at radius 2 is 2.13 bits per heavy atom. The van der Waals surface area contributed by atoms with Crippen molar-refractivity contribution in [1.29, 1.82) is 0 Å². The van der Waals surface area contributed by atoms with Crippen LogP contribution in [0.4, 0.5) is 0 Å². The van der Waals surface area contributed by atoms with Gasteiger partial charge in [-0.25, -0.2) is 0 Å². The van der Waals surface area contributed by atoms with Gasteiger partial charge in [0.25, 0.3) is 0 Å². The van der Waals surface area contributed by atoms with Crippen molar-refractivity contribution in [2.45, 2.75) is 18.9 Å². The second-order valence-corrected chi connectivity index (χ2v) is 6.14. The van der Waals surface area contributed by atoms with Crippen LogP contribution in [0.3, 0.4) is 0 Å². The van der Waals surface area contributed by atoms with E-state index in [2.05, 4.69) is 27.7 Å². The number of rotatable bonds is 6. The fraction of sp³-hybridized carbons (Fsp3) is 0.588. The Labute approximate surface area is 144 Å². The Morgan fingerprint density at radius 3 is 2.74 bits per heavy atom. The van der Waals surface area contributed by atoms with E-state index in [4.69, 9.17) is 4.74 Å². The van der Waals surface area contributed by atoms with E-state index in [1.165, 1.54) is 18.4 Å². The van der Waals surface area contributed by atoms with Gasteiger partial charge in [-0.3, -0.25) is 9.69 Å². The van der Waals surface area contributed by atoms with Crippen molar-refractivity contribution in [2.75, 3.05) is 39.8 Å². The maximum Gasteiger partial charge on any atom is 0.225 e. The molecule has 128 valence electrons. The van der Waals surface area contributed by atoms with Crippen molar-refractivity contribution in [2.24, 2.45) is 5.92 Å². The molecule has 2 saturated heterocycles. The molecule has 6 heteroatoms. The SMILES string of the molecule is COc1cccc(C(CNC(=O)C2CNC2)N2CCCC2)c1.Cl. The molecule has 1 aromatic rings. The summed E-state index contributed by atoms with van der Waals surface area (Å²) in [5.74, 6) is 1.19. The molecule has 0 aliphatic carbocycles. The molecule has 2 aliphatic rings. The van der Waals surface area contributed by atoms with Crippen LogP contribution in [0.25, 0.3) is 0 Å². The third-order valence-corrected chi connectivity index (χ3v) is 4.68. The van der Waals surface area contributed by atoms with Crippen molar-refractivity contribution in [3.8, 4) is 5.75 Å². The molecule has 1 aromatic carbocycles. The average molecular weight is 340 g/mol. The van der Waals surface area contributed by atoms with Crippen LogP contribution < -0.4 is 15.4 Å². The van der Waals surface area contributed by atoms with Gasteiger partial charge in [-0.1, -0.05) is 12.1 Å². The molecular formula is C17H26ClN3O2. The summed E-state index contributed by atoms with van der Waals surface area (Å²) in [6, 6.07) is 8.43. The molecule has 2 heterocycles. The number of nitrogens with one attached hydrogen (secondary N) is 2. The van der Waals surface area contributed by atoms with E-state index in [0.29, 0.717) is 6.54 Å². The quantitative estimate of drug-likeness (QED) is 0.826. The van der Waals surface area contributed by atoms with Crippen molar-refractivity contribution < 1.29 is 9.53 Å².